The number of sulfonamides is 1. The second kappa shape index (κ2) is 8.58. The third-order valence-electron chi connectivity index (χ3n) is 3.33. The molecule has 25 heavy (non-hydrogen) atoms. The highest BCUT2D eigenvalue weighted by Crippen LogP contribution is 2.17. The molecule has 0 aliphatic heterocycles. The summed E-state index contributed by atoms with van der Waals surface area (Å²) in [6, 6.07) is 4.10. The summed E-state index contributed by atoms with van der Waals surface area (Å²) >= 11 is 0. The fourth-order valence-electron chi connectivity index (χ4n) is 1.98. The van der Waals surface area contributed by atoms with Gasteiger partial charge in [-0.3, -0.25) is 10.1 Å². The van der Waals surface area contributed by atoms with Gasteiger partial charge >= 0.3 is 12.0 Å². The molecule has 10 heteroatoms. The van der Waals surface area contributed by atoms with Gasteiger partial charge in [0.25, 0.3) is 5.91 Å². The number of carbonyl (C=O) groups excluding carboxylic acids is 3. The Kier molecular flexibility index (Phi) is 7.07. The van der Waals surface area contributed by atoms with Crippen molar-refractivity contribution < 1.29 is 27.5 Å². The predicted molar refractivity (Wildman–Crippen MR) is 89.2 cm³/mol. The average Bonchev–Trinajstić information content (AvgIpc) is 2.55. The van der Waals surface area contributed by atoms with Crippen molar-refractivity contribution in [3.05, 3.63) is 29.8 Å². The first-order valence-electron chi connectivity index (χ1n) is 7.54. The van der Waals surface area contributed by atoms with Crippen LogP contribution in [0, 0.1) is 0 Å². The smallest absolute Gasteiger partial charge is 0.338 e. The number of primary amides is 1. The number of ether oxygens (including phenoxy) is 1. The van der Waals surface area contributed by atoms with E-state index in [0.29, 0.717) is 13.1 Å². The van der Waals surface area contributed by atoms with Gasteiger partial charge in [0.1, 0.15) is 0 Å². The molecule has 0 spiro atoms. The summed E-state index contributed by atoms with van der Waals surface area (Å²) < 4.78 is 30.9. The van der Waals surface area contributed by atoms with Crippen molar-refractivity contribution in [2.75, 3.05) is 13.1 Å². The molecule has 1 rings (SSSR count). The Bertz CT molecular complexity index is 741. The Morgan fingerprint density at radius 2 is 1.68 bits per heavy atom. The van der Waals surface area contributed by atoms with Crippen molar-refractivity contribution in [1.29, 1.82) is 0 Å². The van der Waals surface area contributed by atoms with E-state index in [1.165, 1.54) is 35.5 Å². The van der Waals surface area contributed by atoms with Gasteiger partial charge in [0.2, 0.25) is 10.0 Å². The molecule has 0 aliphatic rings. The second-order valence-corrected chi connectivity index (χ2v) is 6.95. The maximum Gasteiger partial charge on any atom is 0.338 e. The lowest BCUT2D eigenvalue weighted by Crippen LogP contribution is -2.42. The Morgan fingerprint density at radius 3 is 2.12 bits per heavy atom. The zero-order valence-corrected chi connectivity index (χ0v) is 15.0. The topological polar surface area (TPSA) is 136 Å². The fourth-order valence-corrected chi connectivity index (χ4v) is 3.44. The number of carbonyl (C=O) groups is 3. The molecule has 138 valence electrons. The normalized spacial score (nSPS) is 12.5. The number of rotatable bonds is 7. The summed E-state index contributed by atoms with van der Waals surface area (Å²) in [5.41, 5.74) is 4.87. The highest BCUT2D eigenvalue weighted by molar-refractivity contribution is 7.89. The summed E-state index contributed by atoms with van der Waals surface area (Å²) in [6.07, 6.45) is -1.24. The highest BCUT2D eigenvalue weighted by atomic mass is 32.2. The molecular formula is C15H21N3O6S. The fraction of sp³-hybridized carbons (Fsp3) is 0.400. The number of esters is 1. The second-order valence-electron chi connectivity index (χ2n) is 5.01. The molecule has 1 atom stereocenters. The van der Waals surface area contributed by atoms with Crippen LogP contribution in [-0.4, -0.2) is 49.8 Å². The Balaban J connectivity index is 2.87. The van der Waals surface area contributed by atoms with Gasteiger partial charge in [-0.15, -0.1) is 0 Å². The molecule has 9 nitrogen and oxygen atoms in total. The maximum atomic E-state index is 12.4. The van der Waals surface area contributed by atoms with E-state index in [1.807, 2.05) is 0 Å². The van der Waals surface area contributed by atoms with E-state index in [-0.39, 0.29) is 10.5 Å². The van der Waals surface area contributed by atoms with Gasteiger partial charge in [0, 0.05) is 13.1 Å². The van der Waals surface area contributed by atoms with Crippen LogP contribution in [0.2, 0.25) is 0 Å². The average molecular weight is 371 g/mol. The third-order valence-corrected chi connectivity index (χ3v) is 5.40. The predicted octanol–water partition coefficient (Wildman–Crippen LogP) is 0.457. The van der Waals surface area contributed by atoms with Crippen LogP contribution in [-0.2, 0) is 19.6 Å². The SMILES string of the molecule is CCN(CC)S(=O)(=O)c1ccc(C(=O)OC(C)C(=O)NC(N)=O)cc1. The minimum atomic E-state index is -3.63. The molecule has 3 amide bonds. The minimum Gasteiger partial charge on any atom is -0.449 e. The molecule has 3 N–H and O–H groups in total. The Hall–Kier alpha value is -2.46. The number of benzene rings is 1. The zero-order chi connectivity index (χ0) is 19.2. The third kappa shape index (κ3) is 5.26. The van der Waals surface area contributed by atoms with Gasteiger partial charge in [-0.1, -0.05) is 13.8 Å². The quantitative estimate of drug-likeness (QED) is 0.668. The van der Waals surface area contributed by atoms with Crippen LogP contribution in [0.15, 0.2) is 29.2 Å². The summed E-state index contributed by atoms with van der Waals surface area (Å²) in [6.45, 7) is 5.39. The molecule has 0 aromatic heterocycles. The van der Waals surface area contributed by atoms with Crippen LogP contribution in [0.4, 0.5) is 4.79 Å². The van der Waals surface area contributed by atoms with Gasteiger partial charge in [0.15, 0.2) is 6.10 Å². The number of nitrogens with one attached hydrogen (secondary N) is 1. The van der Waals surface area contributed by atoms with E-state index in [4.69, 9.17) is 10.5 Å². The summed E-state index contributed by atoms with van der Waals surface area (Å²) in [5.74, 6) is -1.69. The van der Waals surface area contributed by atoms with Gasteiger partial charge < -0.3 is 10.5 Å². The number of hydrogen-bond acceptors (Lipinski definition) is 6. The lowest BCUT2D eigenvalue weighted by molar-refractivity contribution is -0.127. The molecule has 0 aliphatic carbocycles. The number of imide groups is 1. The first-order valence-corrected chi connectivity index (χ1v) is 8.99. The first kappa shape index (κ1) is 20.6. The Labute approximate surface area is 146 Å². The number of amides is 3. The Morgan fingerprint density at radius 1 is 1.16 bits per heavy atom. The molecule has 0 radical (unpaired) electrons. The van der Waals surface area contributed by atoms with Crippen LogP contribution in [0.1, 0.15) is 31.1 Å². The molecule has 0 fully saturated rings. The van der Waals surface area contributed by atoms with Crippen LogP contribution in [0.25, 0.3) is 0 Å². The van der Waals surface area contributed by atoms with Crippen LogP contribution in [0.3, 0.4) is 0 Å². The summed E-state index contributed by atoms with van der Waals surface area (Å²) in [7, 11) is -3.63. The molecule has 1 aromatic carbocycles. The maximum absolute atomic E-state index is 12.4. The molecule has 0 bridgehead atoms. The van der Waals surface area contributed by atoms with Crippen molar-refractivity contribution in [3.8, 4) is 0 Å². The molecule has 1 unspecified atom stereocenters. The van der Waals surface area contributed by atoms with Crippen LogP contribution < -0.4 is 11.1 Å². The zero-order valence-electron chi connectivity index (χ0n) is 14.2. The van der Waals surface area contributed by atoms with E-state index < -0.39 is 34.0 Å². The van der Waals surface area contributed by atoms with E-state index in [2.05, 4.69) is 0 Å². The summed E-state index contributed by atoms with van der Waals surface area (Å²) in [5, 5.41) is 1.79. The van der Waals surface area contributed by atoms with E-state index in [0.717, 1.165) is 0 Å². The molecule has 0 heterocycles. The molecule has 0 saturated carbocycles. The van der Waals surface area contributed by atoms with E-state index in [9.17, 15) is 22.8 Å². The van der Waals surface area contributed by atoms with Gasteiger partial charge in [-0.2, -0.15) is 4.31 Å². The monoisotopic (exact) mass is 371 g/mol. The van der Waals surface area contributed by atoms with Crippen molar-refractivity contribution in [2.24, 2.45) is 5.73 Å². The number of urea groups is 1. The van der Waals surface area contributed by atoms with Crippen LogP contribution >= 0.6 is 0 Å². The van der Waals surface area contributed by atoms with Crippen molar-refractivity contribution in [2.45, 2.75) is 31.8 Å². The summed E-state index contributed by atoms with van der Waals surface area (Å²) in [4.78, 5) is 34.1. The van der Waals surface area contributed by atoms with Gasteiger partial charge in [0.05, 0.1) is 10.5 Å². The standard InChI is InChI=1S/C15H21N3O6S/c1-4-18(5-2)25(22,23)12-8-6-11(7-9-12)14(20)24-10(3)13(19)17-15(16)21/h6-10H,4-5H2,1-3H3,(H3,16,17,19,21). The van der Waals surface area contributed by atoms with Crippen molar-refractivity contribution in [1.82, 2.24) is 9.62 Å². The number of hydrogen-bond donors (Lipinski definition) is 2. The van der Waals surface area contributed by atoms with Crippen LogP contribution in [0.5, 0.6) is 0 Å². The highest BCUT2D eigenvalue weighted by Gasteiger charge is 2.23. The van der Waals surface area contributed by atoms with Crippen molar-refractivity contribution >= 4 is 27.9 Å². The molecule has 1 aromatic rings. The minimum absolute atomic E-state index is 0.0484. The van der Waals surface area contributed by atoms with E-state index >= 15 is 0 Å². The largest absolute Gasteiger partial charge is 0.449 e. The number of nitrogens with two attached hydrogens (primary N) is 1. The lowest BCUT2D eigenvalue weighted by atomic mass is 10.2. The lowest BCUT2D eigenvalue weighted by Gasteiger charge is -2.18. The first-order chi connectivity index (χ1) is 11.6. The van der Waals surface area contributed by atoms with Gasteiger partial charge in [-0.25, -0.2) is 18.0 Å². The van der Waals surface area contributed by atoms with E-state index in [1.54, 1.807) is 19.2 Å². The molecular weight excluding hydrogens is 350 g/mol. The number of nitrogens with zero attached hydrogens (tertiary/aromatic N) is 1. The van der Waals surface area contributed by atoms with Crippen molar-refractivity contribution in [3.63, 3.8) is 0 Å². The molecule has 0 saturated heterocycles. The van der Waals surface area contributed by atoms with Gasteiger partial charge in [-0.05, 0) is 31.2 Å².